The van der Waals surface area contributed by atoms with Crippen LogP contribution in [0.3, 0.4) is 0 Å². The lowest BCUT2D eigenvalue weighted by molar-refractivity contribution is -0.113. The SMILES string of the molecule is O=C(CSc1n[nH]c(/C=C/c2ccc(F)cc2)n1)Nc1cccc(F)c1. The number of benzene rings is 2. The number of hydrogen-bond acceptors (Lipinski definition) is 4. The minimum atomic E-state index is -0.415. The fourth-order valence-electron chi connectivity index (χ4n) is 2.04. The standard InChI is InChI=1S/C18H14F2N4OS/c19-13-7-4-12(5-8-13)6-9-16-22-18(24-23-16)26-11-17(25)21-15-3-1-2-14(20)10-15/h1-10H,11H2,(H,21,25)(H,22,23,24)/b9-6+. The van der Waals surface area contributed by atoms with Gasteiger partial charge >= 0.3 is 0 Å². The van der Waals surface area contributed by atoms with Crippen molar-refractivity contribution < 1.29 is 13.6 Å². The summed E-state index contributed by atoms with van der Waals surface area (Å²) in [5.74, 6) is -0.384. The Kier molecular flexibility index (Phi) is 5.75. The lowest BCUT2D eigenvalue weighted by Gasteiger charge is -2.03. The Labute approximate surface area is 152 Å². The number of thioether (sulfide) groups is 1. The van der Waals surface area contributed by atoms with Crippen molar-refractivity contribution in [3.05, 3.63) is 71.6 Å². The second kappa shape index (κ2) is 8.39. The number of aromatic amines is 1. The number of rotatable bonds is 6. The molecule has 0 unspecified atom stereocenters. The molecule has 0 atom stereocenters. The third-order valence-corrected chi connectivity index (χ3v) is 4.07. The predicted molar refractivity (Wildman–Crippen MR) is 97.5 cm³/mol. The van der Waals surface area contributed by atoms with Gasteiger partial charge in [0.05, 0.1) is 5.75 Å². The van der Waals surface area contributed by atoms with Gasteiger partial charge in [-0.1, -0.05) is 36.0 Å². The number of aromatic nitrogens is 3. The quantitative estimate of drug-likeness (QED) is 0.642. The summed E-state index contributed by atoms with van der Waals surface area (Å²) < 4.78 is 25.9. The topological polar surface area (TPSA) is 70.7 Å². The molecule has 3 aromatic rings. The number of nitrogens with one attached hydrogen (secondary N) is 2. The number of carbonyl (C=O) groups excluding carboxylic acids is 1. The molecule has 1 aromatic heterocycles. The number of hydrogen-bond donors (Lipinski definition) is 2. The van der Waals surface area contributed by atoms with E-state index in [2.05, 4.69) is 20.5 Å². The fourth-order valence-corrected chi connectivity index (χ4v) is 2.65. The zero-order chi connectivity index (χ0) is 18.4. The Balaban J connectivity index is 1.51. The van der Waals surface area contributed by atoms with E-state index in [9.17, 15) is 13.6 Å². The van der Waals surface area contributed by atoms with Crippen molar-refractivity contribution in [2.75, 3.05) is 11.1 Å². The predicted octanol–water partition coefficient (Wildman–Crippen LogP) is 3.98. The molecule has 3 rings (SSSR count). The van der Waals surface area contributed by atoms with E-state index in [4.69, 9.17) is 0 Å². The second-order valence-electron chi connectivity index (χ2n) is 5.24. The van der Waals surface area contributed by atoms with E-state index in [1.165, 1.54) is 30.3 Å². The van der Waals surface area contributed by atoms with Crippen molar-refractivity contribution in [1.82, 2.24) is 15.2 Å². The number of carbonyl (C=O) groups is 1. The molecular weight excluding hydrogens is 358 g/mol. The van der Waals surface area contributed by atoms with Crippen LogP contribution in [0.5, 0.6) is 0 Å². The number of H-pyrrole nitrogens is 1. The van der Waals surface area contributed by atoms with Gasteiger partial charge < -0.3 is 5.32 Å². The molecule has 0 aliphatic carbocycles. The first kappa shape index (κ1) is 17.8. The molecule has 2 N–H and O–H groups in total. The average molecular weight is 372 g/mol. The number of amides is 1. The van der Waals surface area contributed by atoms with E-state index in [0.29, 0.717) is 16.7 Å². The van der Waals surface area contributed by atoms with Gasteiger partial charge in [0.15, 0.2) is 0 Å². The van der Waals surface area contributed by atoms with Crippen molar-refractivity contribution in [3.63, 3.8) is 0 Å². The summed E-state index contributed by atoms with van der Waals surface area (Å²) in [5.41, 5.74) is 1.22. The molecule has 1 heterocycles. The van der Waals surface area contributed by atoms with Crippen molar-refractivity contribution in [2.24, 2.45) is 0 Å². The van der Waals surface area contributed by atoms with Gasteiger partial charge in [-0.05, 0) is 42.0 Å². The Bertz CT molecular complexity index is 925. The lowest BCUT2D eigenvalue weighted by Crippen LogP contribution is -2.14. The molecule has 5 nitrogen and oxygen atoms in total. The summed E-state index contributed by atoms with van der Waals surface area (Å²) in [4.78, 5) is 16.1. The Hall–Kier alpha value is -3.00. The van der Waals surface area contributed by atoms with Crippen molar-refractivity contribution in [3.8, 4) is 0 Å². The highest BCUT2D eigenvalue weighted by atomic mass is 32.2. The third-order valence-electron chi connectivity index (χ3n) is 3.23. The van der Waals surface area contributed by atoms with Gasteiger partial charge in [-0.3, -0.25) is 9.89 Å². The molecule has 2 aromatic carbocycles. The molecule has 1 amide bonds. The third kappa shape index (κ3) is 5.25. The molecular formula is C18H14F2N4OS. The molecule has 0 spiro atoms. The highest BCUT2D eigenvalue weighted by Gasteiger charge is 2.07. The van der Waals surface area contributed by atoms with Crippen molar-refractivity contribution >= 4 is 35.5 Å². The highest BCUT2D eigenvalue weighted by molar-refractivity contribution is 7.99. The van der Waals surface area contributed by atoms with Crippen molar-refractivity contribution in [1.29, 1.82) is 0 Å². The molecule has 0 saturated carbocycles. The van der Waals surface area contributed by atoms with E-state index >= 15 is 0 Å². The summed E-state index contributed by atoms with van der Waals surface area (Å²) in [6, 6.07) is 11.7. The average Bonchev–Trinajstić information content (AvgIpc) is 3.07. The molecule has 8 heteroatoms. The molecule has 0 fully saturated rings. The van der Waals surface area contributed by atoms with Gasteiger partial charge in [-0.2, -0.15) is 0 Å². The van der Waals surface area contributed by atoms with Crippen LogP contribution < -0.4 is 5.32 Å². The summed E-state index contributed by atoms with van der Waals surface area (Å²) in [6.07, 6.45) is 3.47. The maximum atomic E-state index is 13.1. The maximum absolute atomic E-state index is 13.1. The Morgan fingerprint density at radius 1 is 1.12 bits per heavy atom. The fraction of sp³-hybridized carbons (Fsp3) is 0.0556. The van der Waals surface area contributed by atoms with Gasteiger partial charge in [0.1, 0.15) is 17.5 Å². The zero-order valence-corrected chi connectivity index (χ0v) is 14.3. The normalized spacial score (nSPS) is 11.0. The first-order valence-electron chi connectivity index (χ1n) is 7.63. The Morgan fingerprint density at radius 3 is 2.69 bits per heavy atom. The summed E-state index contributed by atoms with van der Waals surface area (Å²) >= 11 is 1.15. The van der Waals surface area contributed by atoms with E-state index in [0.717, 1.165) is 17.3 Å². The zero-order valence-electron chi connectivity index (χ0n) is 13.4. The highest BCUT2D eigenvalue weighted by Crippen LogP contribution is 2.15. The van der Waals surface area contributed by atoms with E-state index in [1.807, 2.05) is 0 Å². The van der Waals surface area contributed by atoms with Crippen LogP contribution in [0.2, 0.25) is 0 Å². The van der Waals surface area contributed by atoms with Crippen LogP contribution >= 0.6 is 11.8 Å². The summed E-state index contributed by atoms with van der Waals surface area (Å²) in [6.45, 7) is 0. The first-order valence-corrected chi connectivity index (χ1v) is 8.61. The lowest BCUT2D eigenvalue weighted by atomic mass is 10.2. The molecule has 0 aliphatic heterocycles. The van der Waals surface area contributed by atoms with Gasteiger partial charge in [0.2, 0.25) is 11.1 Å². The van der Waals surface area contributed by atoms with Gasteiger partial charge in [0.25, 0.3) is 0 Å². The molecule has 26 heavy (non-hydrogen) atoms. The van der Waals surface area contributed by atoms with Crippen LogP contribution in [0.15, 0.2) is 53.7 Å². The van der Waals surface area contributed by atoms with Gasteiger partial charge in [-0.25, -0.2) is 13.8 Å². The minimum Gasteiger partial charge on any atom is -0.325 e. The molecule has 0 saturated heterocycles. The molecule has 0 radical (unpaired) electrons. The van der Waals surface area contributed by atoms with Gasteiger partial charge in [-0.15, -0.1) is 5.10 Å². The van der Waals surface area contributed by atoms with E-state index in [-0.39, 0.29) is 17.5 Å². The smallest absolute Gasteiger partial charge is 0.234 e. The van der Waals surface area contributed by atoms with Crippen LogP contribution in [0.4, 0.5) is 14.5 Å². The second-order valence-corrected chi connectivity index (χ2v) is 6.18. The monoisotopic (exact) mass is 372 g/mol. The van der Waals surface area contributed by atoms with Crippen LogP contribution in [0.25, 0.3) is 12.2 Å². The van der Waals surface area contributed by atoms with Crippen LogP contribution in [-0.4, -0.2) is 26.8 Å². The first-order chi connectivity index (χ1) is 12.6. The van der Waals surface area contributed by atoms with Crippen molar-refractivity contribution in [2.45, 2.75) is 5.16 Å². The van der Waals surface area contributed by atoms with E-state index < -0.39 is 5.82 Å². The van der Waals surface area contributed by atoms with Crippen LogP contribution in [0, 0.1) is 11.6 Å². The van der Waals surface area contributed by atoms with E-state index in [1.54, 1.807) is 30.4 Å². The number of anilines is 1. The summed E-state index contributed by atoms with van der Waals surface area (Å²) in [7, 11) is 0. The van der Waals surface area contributed by atoms with Gasteiger partial charge in [0, 0.05) is 5.69 Å². The maximum Gasteiger partial charge on any atom is 0.234 e. The largest absolute Gasteiger partial charge is 0.325 e. The number of nitrogens with zero attached hydrogens (tertiary/aromatic N) is 2. The number of halogens is 2. The molecule has 132 valence electrons. The minimum absolute atomic E-state index is 0.0927. The Morgan fingerprint density at radius 2 is 1.92 bits per heavy atom. The van der Waals surface area contributed by atoms with Crippen LogP contribution in [-0.2, 0) is 4.79 Å². The summed E-state index contributed by atoms with van der Waals surface area (Å²) in [5, 5.41) is 9.77. The molecule has 0 aliphatic rings. The van der Waals surface area contributed by atoms with Crippen LogP contribution in [0.1, 0.15) is 11.4 Å². The molecule has 0 bridgehead atoms.